The molecule has 0 aliphatic carbocycles. The number of para-hydroxylation sites is 1. The summed E-state index contributed by atoms with van der Waals surface area (Å²) in [6.07, 6.45) is 5.92. The van der Waals surface area contributed by atoms with Gasteiger partial charge in [0, 0.05) is 11.6 Å². The summed E-state index contributed by atoms with van der Waals surface area (Å²) in [5.41, 5.74) is 2.35. The number of pyridine rings is 1. The van der Waals surface area contributed by atoms with Crippen LogP contribution in [0.4, 0.5) is 0 Å². The number of nitrogens with zero attached hydrogens (tertiary/aromatic N) is 1. The highest BCUT2D eigenvalue weighted by Gasteiger charge is 1.97. The Kier molecular flexibility index (Phi) is 5.27. The van der Waals surface area contributed by atoms with Gasteiger partial charge in [0.15, 0.2) is 0 Å². The van der Waals surface area contributed by atoms with Crippen LogP contribution in [0.3, 0.4) is 0 Å². The molecule has 0 spiro atoms. The lowest BCUT2D eigenvalue weighted by atomic mass is 10.1. The number of hydrogen-bond acceptors (Lipinski definition) is 1. The SMILES string of the molecule is C=CCc1ccnc2ccccc12.CCC. The molecule has 0 saturated heterocycles. The lowest BCUT2D eigenvalue weighted by Crippen LogP contribution is -1.85. The molecule has 1 heterocycles. The van der Waals surface area contributed by atoms with Gasteiger partial charge in [-0.25, -0.2) is 0 Å². The number of rotatable bonds is 2. The molecule has 0 saturated carbocycles. The molecule has 0 aliphatic rings. The molecule has 2 rings (SSSR count). The third kappa shape index (κ3) is 3.20. The van der Waals surface area contributed by atoms with Gasteiger partial charge in [0.1, 0.15) is 0 Å². The highest BCUT2D eigenvalue weighted by atomic mass is 14.6. The van der Waals surface area contributed by atoms with E-state index in [2.05, 4.69) is 31.5 Å². The minimum Gasteiger partial charge on any atom is -0.256 e. The van der Waals surface area contributed by atoms with E-state index in [9.17, 15) is 0 Å². The summed E-state index contributed by atoms with van der Waals surface area (Å²) in [5.74, 6) is 0. The Bertz CT molecular complexity index is 441. The second kappa shape index (κ2) is 6.78. The average molecular weight is 213 g/mol. The topological polar surface area (TPSA) is 12.9 Å². The molecule has 0 aliphatic heterocycles. The molecule has 1 nitrogen and oxygen atoms in total. The number of benzene rings is 1. The van der Waals surface area contributed by atoms with Crippen LogP contribution in [0.15, 0.2) is 49.2 Å². The van der Waals surface area contributed by atoms with Gasteiger partial charge < -0.3 is 0 Å². The molecular formula is C15H19N. The molecule has 1 aromatic heterocycles. The standard InChI is InChI=1S/C12H11N.C3H8/c1-2-5-10-8-9-13-12-7-4-3-6-11(10)12;1-3-2/h2-4,6-9H,1,5H2;3H2,1-2H3. The predicted molar refractivity (Wildman–Crippen MR) is 71.6 cm³/mol. The minimum atomic E-state index is 0.906. The van der Waals surface area contributed by atoms with E-state index in [0.29, 0.717) is 0 Å². The van der Waals surface area contributed by atoms with Crippen LogP contribution in [0, 0.1) is 0 Å². The second-order valence-electron chi connectivity index (χ2n) is 3.69. The molecule has 0 unspecified atom stereocenters. The molecule has 0 N–H and O–H groups in total. The molecule has 84 valence electrons. The quantitative estimate of drug-likeness (QED) is 0.675. The van der Waals surface area contributed by atoms with E-state index in [4.69, 9.17) is 0 Å². The van der Waals surface area contributed by atoms with Gasteiger partial charge in [0.05, 0.1) is 5.52 Å². The first kappa shape index (κ1) is 12.4. The van der Waals surface area contributed by atoms with Crippen LogP contribution < -0.4 is 0 Å². The summed E-state index contributed by atoms with van der Waals surface area (Å²) in [7, 11) is 0. The Balaban J connectivity index is 0.000000386. The third-order valence-electron chi connectivity index (χ3n) is 2.10. The van der Waals surface area contributed by atoms with Crippen molar-refractivity contribution in [1.29, 1.82) is 0 Å². The Morgan fingerprint density at radius 3 is 2.56 bits per heavy atom. The van der Waals surface area contributed by atoms with Crippen LogP contribution in [0.25, 0.3) is 10.9 Å². The van der Waals surface area contributed by atoms with Gasteiger partial charge in [0.2, 0.25) is 0 Å². The highest BCUT2D eigenvalue weighted by molar-refractivity contribution is 5.81. The summed E-state index contributed by atoms with van der Waals surface area (Å²) in [4.78, 5) is 4.29. The first-order chi connectivity index (χ1) is 7.83. The maximum Gasteiger partial charge on any atom is 0.0704 e. The van der Waals surface area contributed by atoms with Crippen molar-refractivity contribution in [2.75, 3.05) is 0 Å². The lowest BCUT2D eigenvalue weighted by Gasteiger charge is -2.01. The van der Waals surface area contributed by atoms with Crippen molar-refractivity contribution in [2.24, 2.45) is 0 Å². The molecule has 0 radical (unpaired) electrons. The Morgan fingerprint density at radius 2 is 1.88 bits per heavy atom. The highest BCUT2D eigenvalue weighted by Crippen LogP contribution is 2.16. The molecule has 0 atom stereocenters. The van der Waals surface area contributed by atoms with Crippen molar-refractivity contribution in [3.8, 4) is 0 Å². The smallest absolute Gasteiger partial charge is 0.0704 e. The monoisotopic (exact) mass is 213 g/mol. The van der Waals surface area contributed by atoms with E-state index < -0.39 is 0 Å². The van der Waals surface area contributed by atoms with E-state index >= 15 is 0 Å². The Morgan fingerprint density at radius 1 is 1.19 bits per heavy atom. The van der Waals surface area contributed by atoms with E-state index in [1.165, 1.54) is 17.4 Å². The fourth-order valence-corrected chi connectivity index (χ4v) is 1.49. The zero-order chi connectivity index (χ0) is 11.8. The minimum absolute atomic E-state index is 0.906. The molecular weight excluding hydrogens is 194 g/mol. The molecule has 0 bridgehead atoms. The van der Waals surface area contributed by atoms with Crippen LogP contribution in [-0.4, -0.2) is 4.98 Å². The van der Waals surface area contributed by atoms with Gasteiger partial charge in [0.25, 0.3) is 0 Å². The van der Waals surface area contributed by atoms with Gasteiger partial charge >= 0.3 is 0 Å². The number of allylic oxidation sites excluding steroid dienone is 1. The molecule has 1 heteroatoms. The van der Waals surface area contributed by atoms with Gasteiger partial charge in [-0.15, -0.1) is 6.58 Å². The van der Waals surface area contributed by atoms with Crippen LogP contribution in [-0.2, 0) is 6.42 Å². The van der Waals surface area contributed by atoms with Crippen molar-refractivity contribution in [1.82, 2.24) is 4.98 Å². The van der Waals surface area contributed by atoms with Crippen molar-refractivity contribution in [2.45, 2.75) is 26.7 Å². The van der Waals surface area contributed by atoms with Gasteiger partial charge in [-0.1, -0.05) is 44.5 Å². The van der Waals surface area contributed by atoms with Gasteiger partial charge in [-0.2, -0.15) is 0 Å². The fourth-order valence-electron chi connectivity index (χ4n) is 1.49. The Hall–Kier alpha value is -1.63. The first-order valence-corrected chi connectivity index (χ1v) is 5.77. The average Bonchev–Trinajstić information content (AvgIpc) is 2.31. The second-order valence-corrected chi connectivity index (χ2v) is 3.69. The van der Waals surface area contributed by atoms with Crippen LogP contribution in [0.2, 0.25) is 0 Å². The molecule has 0 fully saturated rings. The van der Waals surface area contributed by atoms with Crippen molar-refractivity contribution in [3.05, 3.63) is 54.7 Å². The van der Waals surface area contributed by atoms with E-state index in [1.807, 2.05) is 36.5 Å². The van der Waals surface area contributed by atoms with Crippen molar-refractivity contribution >= 4 is 10.9 Å². The van der Waals surface area contributed by atoms with E-state index in [0.717, 1.165) is 11.9 Å². The third-order valence-corrected chi connectivity index (χ3v) is 2.10. The van der Waals surface area contributed by atoms with Crippen molar-refractivity contribution < 1.29 is 0 Å². The van der Waals surface area contributed by atoms with Crippen LogP contribution in [0.5, 0.6) is 0 Å². The molecule has 16 heavy (non-hydrogen) atoms. The number of hydrogen-bond donors (Lipinski definition) is 0. The summed E-state index contributed by atoms with van der Waals surface area (Å²) < 4.78 is 0. The predicted octanol–water partition coefficient (Wildman–Crippen LogP) is 4.38. The van der Waals surface area contributed by atoms with Gasteiger partial charge in [-0.05, 0) is 24.1 Å². The fraction of sp³-hybridized carbons (Fsp3) is 0.267. The van der Waals surface area contributed by atoms with Crippen molar-refractivity contribution in [3.63, 3.8) is 0 Å². The summed E-state index contributed by atoms with van der Waals surface area (Å²) in [6, 6.07) is 10.2. The van der Waals surface area contributed by atoms with Crippen LogP contribution in [0.1, 0.15) is 25.8 Å². The largest absolute Gasteiger partial charge is 0.256 e. The lowest BCUT2D eigenvalue weighted by molar-refractivity contribution is 1.09. The number of fused-ring (bicyclic) bond motifs is 1. The summed E-state index contributed by atoms with van der Waals surface area (Å²) in [6.45, 7) is 7.99. The zero-order valence-corrected chi connectivity index (χ0v) is 10.1. The number of aromatic nitrogens is 1. The molecule has 2 aromatic rings. The van der Waals surface area contributed by atoms with Crippen LogP contribution >= 0.6 is 0 Å². The maximum atomic E-state index is 4.29. The Labute approximate surface area is 97.8 Å². The zero-order valence-electron chi connectivity index (χ0n) is 10.1. The van der Waals surface area contributed by atoms with Gasteiger partial charge in [-0.3, -0.25) is 4.98 Å². The maximum absolute atomic E-state index is 4.29. The first-order valence-electron chi connectivity index (χ1n) is 5.77. The summed E-state index contributed by atoms with van der Waals surface area (Å²) in [5, 5.41) is 1.23. The summed E-state index contributed by atoms with van der Waals surface area (Å²) >= 11 is 0. The van der Waals surface area contributed by atoms with E-state index in [-0.39, 0.29) is 0 Å². The molecule has 1 aromatic carbocycles. The molecule has 0 amide bonds. The van der Waals surface area contributed by atoms with E-state index in [1.54, 1.807) is 0 Å². The normalized spacial score (nSPS) is 9.38.